The minimum absolute atomic E-state index is 0.0202. The monoisotopic (exact) mass is 437 g/mol. The van der Waals surface area contributed by atoms with Gasteiger partial charge in [0.15, 0.2) is 0 Å². The molecule has 0 spiro atoms. The zero-order chi connectivity index (χ0) is 18.1. The second kappa shape index (κ2) is 7.62. The summed E-state index contributed by atoms with van der Waals surface area (Å²) in [7, 11) is 0. The predicted molar refractivity (Wildman–Crippen MR) is 103 cm³/mol. The van der Waals surface area contributed by atoms with Crippen LogP contribution in [-0.4, -0.2) is 28.3 Å². The molecule has 0 aromatic carbocycles. The van der Waals surface area contributed by atoms with Crippen LogP contribution in [0.5, 0.6) is 0 Å². The first-order valence-electron chi connectivity index (χ1n) is 8.86. The molecule has 6 nitrogen and oxygen atoms in total. The smallest absolute Gasteiger partial charge is 0.267 e. The Labute approximate surface area is 163 Å². The van der Waals surface area contributed by atoms with Gasteiger partial charge in [-0.1, -0.05) is 0 Å². The zero-order valence-corrected chi connectivity index (χ0v) is 16.6. The van der Waals surface area contributed by atoms with E-state index >= 15 is 0 Å². The lowest BCUT2D eigenvalue weighted by Gasteiger charge is -2.30. The van der Waals surface area contributed by atoms with Gasteiger partial charge in [0.25, 0.3) is 11.5 Å². The molecule has 1 amide bonds. The van der Waals surface area contributed by atoms with Crippen LogP contribution in [0.4, 0.5) is 0 Å². The number of rotatable bonds is 3. The van der Waals surface area contributed by atoms with Gasteiger partial charge in [-0.25, -0.2) is 4.68 Å². The highest BCUT2D eigenvalue weighted by Crippen LogP contribution is 2.28. The van der Waals surface area contributed by atoms with E-state index in [1.807, 2.05) is 12.1 Å². The summed E-state index contributed by atoms with van der Waals surface area (Å²) in [5.41, 5.74) is 1.85. The average molecular weight is 438 g/mol. The molecule has 0 unspecified atom stereocenters. The van der Waals surface area contributed by atoms with E-state index in [1.165, 1.54) is 11.3 Å². The van der Waals surface area contributed by atoms with Crippen LogP contribution in [0.3, 0.4) is 0 Å². The van der Waals surface area contributed by atoms with Gasteiger partial charge in [0, 0.05) is 24.1 Å². The summed E-state index contributed by atoms with van der Waals surface area (Å²) < 4.78 is 8.00. The van der Waals surface area contributed by atoms with Crippen LogP contribution in [0.25, 0.3) is 0 Å². The summed E-state index contributed by atoms with van der Waals surface area (Å²) in [6, 6.07) is 5.65. The van der Waals surface area contributed by atoms with Crippen molar-refractivity contribution in [2.45, 2.75) is 50.8 Å². The lowest BCUT2D eigenvalue weighted by Crippen LogP contribution is -2.39. The van der Waals surface area contributed by atoms with E-state index in [9.17, 15) is 9.59 Å². The number of ether oxygens (including phenoxy) is 1. The highest BCUT2D eigenvalue weighted by molar-refractivity contribution is 9.11. The minimum Gasteiger partial charge on any atom is -0.376 e. The van der Waals surface area contributed by atoms with Crippen molar-refractivity contribution in [2.75, 3.05) is 6.61 Å². The average Bonchev–Trinajstić information content (AvgIpc) is 3.08. The number of thiophene rings is 1. The molecular weight excluding hydrogens is 418 g/mol. The molecule has 138 valence electrons. The molecule has 4 rings (SSSR count). The van der Waals surface area contributed by atoms with E-state index in [0.717, 1.165) is 47.1 Å². The van der Waals surface area contributed by atoms with Crippen LogP contribution >= 0.6 is 27.3 Å². The molecule has 0 atom stereocenters. The van der Waals surface area contributed by atoms with Gasteiger partial charge in [0.05, 0.1) is 33.6 Å². The molecule has 2 aromatic rings. The first-order chi connectivity index (χ1) is 12.6. The molecule has 26 heavy (non-hydrogen) atoms. The molecule has 1 aliphatic heterocycles. The van der Waals surface area contributed by atoms with Crippen molar-refractivity contribution in [3.63, 3.8) is 0 Å². The molecule has 0 radical (unpaired) electrons. The summed E-state index contributed by atoms with van der Waals surface area (Å²) in [6.45, 7) is 1.14. The van der Waals surface area contributed by atoms with E-state index in [1.54, 1.807) is 10.7 Å². The van der Waals surface area contributed by atoms with Crippen molar-refractivity contribution in [3.05, 3.63) is 48.5 Å². The summed E-state index contributed by atoms with van der Waals surface area (Å²) in [5.74, 6) is -0.0202. The van der Waals surface area contributed by atoms with Gasteiger partial charge < -0.3 is 10.1 Å². The molecule has 8 heteroatoms. The van der Waals surface area contributed by atoms with E-state index in [4.69, 9.17) is 4.74 Å². The Morgan fingerprint density at radius 2 is 2.12 bits per heavy atom. The van der Waals surface area contributed by atoms with Gasteiger partial charge in [-0.3, -0.25) is 9.59 Å². The Hall–Kier alpha value is -1.51. The largest absolute Gasteiger partial charge is 0.376 e. The Kier molecular flexibility index (Phi) is 5.24. The van der Waals surface area contributed by atoms with Crippen LogP contribution in [0.1, 0.15) is 52.7 Å². The van der Waals surface area contributed by atoms with Crippen molar-refractivity contribution in [3.8, 4) is 0 Å². The lowest BCUT2D eigenvalue weighted by molar-refractivity contribution is 0.0924. The Morgan fingerprint density at radius 3 is 2.85 bits per heavy atom. The second-order valence-corrected chi connectivity index (χ2v) is 9.25. The molecule has 1 N–H and O–H groups in total. The Bertz CT molecular complexity index is 871. The third-order valence-electron chi connectivity index (χ3n) is 5.04. The highest BCUT2D eigenvalue weighted by atomic mass is 79.9. The van der Waals surface area contributed by atoms with Crippen molar-refractivity contribution in [1.29, 1.82) is 0 Å². The first-order valence-corrected chi connectivity index (χ1v) is 10.5. The van der Waals surface area contributed by atoms with E-state index < -0.39 is 0 Å². The molecule has 1 fully saturated rings. The first kappa shape index (κ1) is 17.9. The quantitative estimate of drug-likeness (QED) is 0.800. The number of hydrogen-bond acceptors (Lipinski definition) is 5. The zero-order valence-electron chi connectivity index (χ0n) is 14.2. The summed E-state index contributed by atoms with van der Waals surface area (Å²) >= 11 is 4.82. The fourth-order valence-electron chi connectivity index (χ4n) is 3.65. The number of carbonyl (C=O) groups excluding carboxylic acids is 1. The standard InChI is InChI=1S/C18H20BrN3O3S/c19-16-6-5-15(26-16)18(24)20-12-1-3-13(4-2-12)22-17(23)9-11-10-25-8-7-14(11)21-22/h5-6,9,12-13H,1-4,7-8,10H2,(H,20,24). The van der Waals surface area contributed by atoms with Crippen molar-refractivity contribution in [2.24, 2.45) is 0 Å². The number of hydrogen-bond donors (Lipinski definition) is 1. The van der Waals surface area contributed by atoms with Gasteiger partial charge in [0.1, 0.15) is 0 Å². The minimum atomic E-state index is -0.0508. The number of fused-ring (bicyclic) bond motifs is 1. The fraction of sp³-hybridized carbons (Fsp3) is 0.500. The summed E-state index contributed by atoms with van der Waals surface area (Å²) in [4.78, 5) is 25.4. The Balaban J connectivity index is 1.39. The normalized spacial score (nSPS) is 22.7. The van der Waals surface area contributed by atoms with E-state index in [2.05, 4.69) is 26.3 Å². The van der Waals surface area contributed by atoms with Crippen molar-refractivity contribution in [1.82, 2.24) is 15.1 Å². The fourth-order valence-corrected chi connectivity index (χ4v) is 4.94. The topological polar surface area (TPSA) is 73.2 Å². The second-order valence-electron chi connectivity index (χ2n) is 6.78. The molecular formula is C18H20BrN3O3S. The summed E-state index contributed by atoms with van der Waals surface area (Å²) in [5, 5.41) is 7.72. The molecule has 1 aliphatic carbocycles. The van der Waals surface area contributed by atoms with Crippen LogP contribution in [0.15, 0.2) is 26.8 Å². The maximum absolute atomic E-state index is 12.4. The molecule has 2 aromatic heterocycles. The van der Waals surface area contributed by atoms with E-state index in [-0.39, 0.29) is 23.6 Å². The number of amides is 1. The Morgan fingerprint density at radius 1 is 1.31 bits per heavy atom. The van der Waals surface area contributed by atoms with Gasteiger partial charge in [-0.15, -0.1) is 11.3 Å². The number of nitrogens with one attached hydrogen (secondary N) is 1. The lowest BCUT2D eigenvalue weighted by atomic mass is 9.91. The van der Waals surface area contributed by atoms with Gasteiger partial charge >= 0.3 is 0 Å². The van der Waals surface area contributed by atoms with E-state index in [0.29, 0.717) is 18.1 Å². The molecule has 1 saturated carbocycles. The predicted octanol–water partition coefficient (Wildman–Crippen LogP) is 3.05. The molecule has 0 saturated heterocycles. The van der Waals surface area contributed by atoms with Crippen LogP contribution in [0, 0.1) is 0 Å². The van der Waals surface area contributed by atoms with Gasteiger partial charge in [-0.05, 0) is 53.7 Å². The third kappa shape index (κ3) is 3.77. The van der Waals surface area contributed by atoms with Crippen LogP contribution in [-0.2, 0) is 17.8 Å². The van der Waals surface area contributed by atoms with Crippen molar-refractivity contribution >= 4 is 33.2 Å². The number of carbonyl (C=O) groups is 1. The van der Waals surface area contributed by atoms with Gasteiger partial charge in [-0.2, -0.15) is 5.10 Å². The van der Waals surface area contributed by atoms with Crippen molar-refractivity contribution < 1.29 is 9.53 Å². The van der Waals surface area contributed by atoms with Crippen LogP contribution < -0.4 is 10.9 Å². The van der Waals surface area contributed by atoms with Gasteiger partial charge in [0.2, 0.25) is 0 Å². The summed E-state index contributed by atoms with van der Waals surface area (Å²) in [6.07, 6.45) is 4.18. The molecule has 0 bridgehead atoms. The molecule has 3 heterocycles. The van der Waals surface area contributed by atoms with Crippen LogP contribution in [0.2, 0.25) is 0 Å². The number of halogens is 1. The SMILES string of the molecule is O=C(NC1CCC(n2nc3c(cc2=O)COCC3)CC1)c1ccc(Br)s1. The maximum atomic E-state index is 12.4. The number of nitrogens with zero attached hydrogens (tertiary/aromatic N) is 2. The molecule has 2 aliphatic rings. The number of aromatic nitrogens is 2. The highest BCUT2D eigenvalue weighted by Gasteiger charge is 2.26. The maximum Gasteiger partial charge on any atom is 0.267 e. The third-order valence-corrected chi connectivity index (χ3v) is 6.66.